The van der Waals surface area contributed by atoms with Crippen molar-refractivity contribution >= 4 is 30.6 Å². The maximum atomic E-state index is 14.1. The van der Waals surface area contributed by atoms with Crippen molar-refractivity contribution in [2.45, 2.75) is 65.5 Å². The van der Waals surface area contributed by atoms with Crippen LogP contribution < -0.4 is 15.5 Å². The Hall–Kier alpha value is -2.69. The first-order valence-corrected chi connectivity index (χ1v) is 11.5. The van der Waals surface area contributed by atoms with E-state index in [1.165, 1.54) is 11.0 Å². The lowest BCUT2D eigenvalue weighted by Gasteiger charge is -2.41. The number of rotatable bonds is 8. The Balaban J connectivity index is 1.55. The molecular formula is C23H32BF2N3O5. The first-order valence-electron chi connectivity index (χ1n) is 11.5. The molecule has 2 heterocycles. The second-order valence-corrected chi connectivity index (χ2v) is 10.3. The topological polar surface area (TPSA) is 97.0 Å². The van der Waals surface area contributed by atoms with E-state index in [9.17, 15) is 23.2 Å². The van der Waals surface area contributed by atoms with Crippen molar-refractivity contribution in [3.63, 3.8) is 0 Å². The molecule has 0 bridgehead atoms. The molecule has 0 radical (unpaired) electrons. The second kappa shape index (κ2) is 10.3. The molecule has 3 atom stereocenters. The van der Waals surface area contributed by atoms with Gasteiger partial charge in [0.1, 0.15) is 23.8 Å². The van der Waals surface area contributed by atoms with Crippen LogP contribution in [-0.4, -0.2) is 56.1 Å². The highest BCUT2D eigenvalue weighted by Crippen LogP contribution is 2.31. The summed E-state index contributed by atoms with van der Waals surface area (Å²) in [5.74, 6) is -3.18. The molecule has 2 fully saturated rings. The van der Waals surface area contributed by atoms with Crippen molar-refractivity contribution < 1.29 is 32.5 Å². The fraction of sp³-hybridized carbons (Fsp3) is 0.609. The monoisotopic (exact) mass is 479 g/mol. The molecule has 11 heteroatoms. The molecular weight excluding hydrogens is 447 g/mol. The van der Waals surface area contributed by atoms with Crippen molar-refractivity contribution in [3.05, 3.63) is 29.8 Å². The summed E-state index contributed by atoms with van der Waals surface area (Å²) in [6.07, 6.45) is 0.259. The van der Waals surface area contributed by atoms with Crippen LogP contribution in [0.4, 0.5) is 14.5 Å². The standard InChI is InChI=1S/C23H32BF2N3O5/c1-13(2)10-18(24-33-20(22(32)34-24)23(3,4)5)28-19(30)12-27-21(31)17-8-9-29(17)16-7-6-14(25)11-15(16)26/h6-7,11,13,17-18,20H,8-10,12H2,1-5H3,(H,27,31)(H,28,30)/t17-,18-,20+/m0/s1. The van der Waals surface area contributed by atoms with Crippen molar-refractivity contribution in [1.82, 2.24) is 10.6 Å². The number of carbonyl (C=O) groups is 3. The van der Waals surface area contributed by atoms with Gasteiger partial charge in [-0.2, -0.15) is 0 Å². The van der Waals surface area contributed by atoms with E-state index in [1.807, 2.05) is 34.6 Å². The fourth-order valence-electron chi connectivity index (χ4n) is 4.08. The maximum Gasteiger partial charge on any atom is 0.552 e. The molecule has 0 saturated carbocycles. The number of carbonyl (C=O) groups excluding carboxylic acids is 3. The Morgan fingerprint density at radius 3 is 2.50 bits per heavy atom. The van der Waals surface area contributed by atoms with Crippen LogP contribution in [-0.2, 0) is 23.7 Å². The number of nitrogens with zero attached hydrogens (tertiary/aromatic N) is 1. The predicted molar refractivity (Wildman–Crippen MR) is 123 cm³/mol. The molecule has 34 heavy (non-hydrogen) atoms. The van der Waals surface area contributed by atoms with E-state index >= 15 is 0 Å². The Bertz CT molecular complexity index is 940. The minimum absolute atomic E-state index is 0.142. The van der Waals surface area contributed by atoms with Crippen LogP contribution in [0, 0.1) is 23.0 Å². The molecule has 2 saturated heterocycles. The summed E-state index contributed by atoms with van der Waals surface area (Å²) in [6, 6.07) is 2.55. The van der Waals surface area contributed by atoms with E-state index in [2.05, 4.69) is 10.6 Å². The first-order chi connectivity index (χ1) is 15.9. The number of amides is 2. The van der Waals surface area contributed by atoms with Gasteiger partial charge in [-0.05, 0) is 36.3 Å². The summed E-state index contributed by atoms with van der Waals surface area (Å²) in [6.45, 7) is 9.70. The zero-order chi connectivity index (χ0) is 25.2. The van der Waals surface area contributed by atoms with E-state index in [4.69, 9.17) is 9.31 Å². The van der Waals surface area contributed by atoms with Gasteiger partial charge in [-0.25, -0.2) is 8.78 Å². The van der Waals surface area contributed by atoms with Crippen LogP contribution in [0.1, 0.15) is 47.5 Å². The summed E-state index contributed by atoms with van der Waals surface area (Å²) in [5.41, 5.74) is -0.312. The average molecular weight is 479 g/mol. The third-order valence-electron chi connectivity index (χ3n) is 5.87. The van der Waals surface area contributed by atoms with E-state index in [0.29, 0.717) is 19.4 Å². The number of nitrogens with one attached hydrogen (secondary N) is 2. The van der Waals surface area contributed by atoms with Gasteiger partial charge in [0.25, 0.3) is 0 Å². The van der Waals surface area contributed by atoms with Crippen molar-refractivity contribution in [2.24, 2.45) is 11.3 Å². The van der Waals surface area contributed by atoms with Crippen LogP contribution in [0.25, 0.3) is 0 Å². The van der Waals surface area contributed by atoms with Gasteiger partial charge in [-0.15, -0.1) is 0 Å². The van der Waals surface area contributed by atoms with Gasteiger partial charge in [0.15, 0.2) is 0 Å². The van der Waals surface area contributed by atoms with Crippen LogP contribution in [0.3, 0.4) is 0 Å². The number of hydrogen-bond acceptors (Lipinski definition) is 6. The third kappa shape index (κ3) is 6.05. The molecule has 2 amide bonds. The molecule has 0 spiro atoms. The van der Waals surface area contributed by atoms with Gasteiger partial charge in [0, 0.05) is 12.6 Å². The highest BCUT2D eigenvalue weighted by molar-refractivity contribution is 6.51. The van der Waals surface area contributed by atoms with Crippen LogP contribution >= 0.6 is 0 Å². The lowest BCUT2D eigenvalue weighted by molar-refractivity contribution is -0.139. The zero-order valence-electron chi connectivity index (χ0n) is 20.2. The van der Waals surface area contributed by atoms with Crippen LogP contribution in [0.15, 0.2) is 18.2 Å². The zero-order valence-corrected chi connectivity index (χ0v) is 20.2. The lowest BCUT2D eigenvalue weighted by atomic mass is 9.74. The second-order valence-electron chi connectivity index (χ2n) is 10.3. The average Bonchev–Trinajstić information content (AvgIpc) is 3.09. The SMILES string of the molecule is CC(C)C[C@H](NC(=O)CNC(=O)[C@@H]1CCN1c1ccc(F)cc1F)B1OC(=O)[C@H](C(C)(C)C)O1. The van der Waals surface area contributed by atoms with Gasteiger partial charge in [0.2, 0.25) is 11.8 Å². The molecule has 1 aromatic carbocycles. The summed E-state index contributed by atoms with van der Waals surface area (Å²) in [7, 11) is -0.914. The summed E-state index contributed by atoms with van der Waals surface area (Å²) in [5, 5.41) is 5.37. The smallest absolute Gasteiger partial charge is 0.506 e. The summed E-state index contributed by atoms with van der Waals surface area (Å²) >= 11 is 0. The number of anilines is 1. The minimum atomic E-state index is -0.914. The van der Waals surface area contributed by atoms with Gasteiger partial charge in [-0.3, -0.25) is 14.4 Å². The lowest BCUT2D eigenvalue weighted by Crippen LogP contribution is -2.58. The fourth-order valence-corrected chi connectivity index (χ4v) is 4.08. The molecule has 8 nitrogen and oxygen atoms in total. The summed E-state index contributed by atoms with van der Waals surface area (Å²) < 4.78 is 38.5. The largest absolute Gasteiger partial charge is 0.552 e. The highest BCUT2D eigenvalue weighted by atomic mass is 19.1. The Labute approximate surface area is 198 Å². The predicted octanol–water partition coefficient (Wildman–Crippen LogP) is 2.21. The molecule has 186 valence electrons. The molecule has 1 aromatic rings. The molecule has 0 aliphatic carbocycles. The van der Waals surface area contributed by atoms with Crippen molar-refractivity contribution in [2.75, 3.05) is 18.0 Å². The Kier molecular flexibility index (Phi) is 7.85. The van der Waals surface area contributed by atoms with E-state index in [-0.39, 0.29) is 18.2 Å². The van der Waals surface area contributed by atoms with E-state index < -0.39 is 60.0 Å². The van der Waals surface area contributed by atoms with E-state index in [1.54, 1.807) is 0 Å². The Morgan fingerprint density at radius 1 is 1.26 bits per heavy atom. The quantitative estimate of drug-likeness (QED) is 0.556. The minimum Gasteiger partial charge on any atom is -0.506 e. The van der Waals surface area contributed by atoms with Gasteiger partial charge in [-0.1, -0.05) is 34.6 Å². The highest BCUT2D eigenvalue weighted by Gasteiger charge is 2.50. The molecule has 0 aromatic heterocycles. The molecule has 2 aliphatic rings. The normalized spacial score (nSPS) is 21.2. The van der Waals surface area contributed by atoms with Gasteiger partial charge in [0.05, 0.1) is 18.2 Å². The molecule has 3 rings (SSSR count). The van der Waals surface area contributed by atoms with Crippen LogP contribution in [0.2, 0.25) is 0 Å². The van der Waals surface area contributed by atoms with Gasteiger partial charge >= 0.3 is 13.1 Å². The Morgan fingerprint density at radius 2 is 1.97 bits per heavy atom. The molecule has 2 aliphatic heterocycles. The number of benzene rings is 1. The summed E-state index contributed by atoms with van der Waals surface area (Å²) in [4.78, 5) is 39.0. The number of halogens is 2. The van der Waals surface area contributed by atoms with Crippen molar-refractivity contribution in [3.8, 4) is 0 Å². The third-order valence-corrected chi connectivity index (χ3v) is 5.87. The first kappa shape index (κ1) is 25.9. The number of hydrogen-bond donors (Lipinski definition) is 2. The van der Waals surface area contributed by atoms with Crippen molar-refractivity contribution in [1.29, 1.82) is 0 Å². The maximum absolute atomic E-state index is 14.1. The molecule has 0 unspecified atom stereocenters. The van der Waals surface area contributed by atoms with Gasteiger partial charge < -0.3 is 24.8 Å². The van der Waals surface area contributed by atoms with E-state index in [0.717, 1.165) is 12.1 Å². The molecule has 2 N–H and O–H groups in total. The van der Waals surface area contributed by atoms with Crippen LogP contribution in [0.5, 0.6) is 0 Å².